The molecule has 1 fully saturated rings. The van der Waals surface area contributed by atoms with Gasteiger partial charge in [0.1, 0.15) is 6.61 Å². The highest BCUT2D eigenvalue weighted by Crippen LogP contribution is 2.19. The molecule has 1 heterocycles. The lowest BCUT2D eigenvalue weighted by molar-refractivity contribution is -0.147. The summed E-state index contributed by atoms with van der Waals surface area (Å²) in [6.07, 6.45) is 2.48. The van der Waals surface area contributed by atoms with Crippen molar-refractivity contribution in [1.82, 2.24) is 5.32 Å². The number of hydrogen-bond donors (Lipinski definition) is 3. The molecule has 1 saturated heterocycles. The van der Waals surface area contributed by atoms with Crippen molar-refractivity contribution < 1.29 is 14.3 Å². The Morgan fingerprint density at radius 1 is 1.62 bits per heavy atom. The van der Waals surface area contributed by atoms with E-state index in [1.807, 2.05) is 6.92 Å². The van der Waals surface area contributed by atoms with Crippen molar-refractivity contribution >= 4 is 11.9 Å². The molecule has 16 heavy (non-hydrogen) atoms. The maximum Gasteiger partial charge on any atom is 0.307 e. The van der Waals surface area contributed by atoms with E-state index in [-0.39, 0.29) is 30.6 Å². The summed E-state index contributed by atoms with van der Waals surface area (Å²) in [4.78, 5) is 11.2. The Hall–Kier alpha value is -1.30. The van der Waals surface area contributed by atoms with Gasteiger partial charge in [0.05, 0.1) is 18.6 Å². The van der Waals surface area contributed by atoms with Crippen LogP contribution in [0.2, 0.25) is 0 Å². The standard InChI is InChI=1S/C10H19N3O3/c1-7-2-3-8(16-7)6-15-9(14)4-5-13-10(11)12/h7-8H,2-6H2,1H3,(H4,11,12,13)/t7-,8-/m0/s1. The van der Waals surface area contributed by atoms with Gasteiger partial charge in [-0.05, 0) is 19.8 Å². The molecule has 0 aromatic heterocycles. The molecular formula is C10H19N3O3. The topological polar surface area (TPSA) is 97.4 Å². The molecule has 6 nitrogen and oxygen atoms in total. The van der Waals surface area contributed by atoms with E-state index < -0.39 is 0 Å². The summed E-state index contributed by atoms with van der Waals surface area (Å²) >= 11 is 0. The Morgan fingerprint density at radius 2 is 2.38 bits per heavy atom. The molecule has 1 rings (SSSR count). The summed E-state index contributed by atoms with van der Waals surface area (Å²) < 4.78 is 10.5. The number of hydrogen-bond acceptors (Lipinski definition) is 4. The first-order valence-electron chi connectivity index (χ1n) is 5.47. The quantitative estimate of drug-likeness (QED) is 0.349. The van der Waals surface area contributed by atoms with Gasteiger partial charge in [-0.3, -0.25) is 10.2 Å². The number of carbonyl (C=O) groups is 1. The van der Waals surface area contributed by atoms with Crippen molar-refractivity contribution in [2.45, 2.75) is 38.4 Å². The van der Waals surface area contributed by atoms with Crippen molar-refractivity contribution in [2.24, 2.45) is 5.73 Å². The summed E-state index contributed by atoms with van der Waals surface area (Å²) in [5, 5.41) is 9.43. The summed E-state index contributed by atoms with van der Waals surface area (Å²) in [5.74, 6) is -0.433. The van der Waals surface area contributed by atoms with Crippen LogP contribution in [-0.2, 0) is 14.3 Å². The third-order valence-electron chi connectivity index (χ3n) is 2.39. The van der Waals surface area contributed by atoms with E-state index in [0.717, 1.165) is 12.8 Å². The second-order valence-corrected chi connectivity index (χ2v) is 3.92. The van der Waals surface area contributed by atoms with Gasteiger partial charge in [0.25, 0.3) is 0 Å². The summed E-state index contributed by atoms with van der Waals surface area (Å²) in [6, 6.07) is 0. The van der Waals surface area contributed by atoms with Crippen molar-refractivity contribution in [2.75, 3.05) is 13.2 Å². The molecule has 92 valence electrons. The van der Waals surface area contributed by atoms with Crippen LogP contribution in [0.15, 0.2) is 0 Å². The van der Waals surface area contributed by atoms with E-state index in [0.29, 0.717) is 13.2 Å². The lowest BCUT2D eigenvalue weighted by atomic mass is 10.2. The van der Waals surface area contributed by atoms with Crippen LogP contribution in [0.4, 0.5) is 0 Å². The minimum atomic E-state index is -0.295. The predicted molar refractivity (Wildman–Crippen MR) is 59.1 cm³/mol. The average Bonchev–Trinajstić information content (AvgIpc) is 2.61. The molecule has 0 bridgehead atoms. The van der Waals surface area contributed by atoms with Gasteiger partial charge in [0.2, 0.25) is 0 Å². The fraction of sp³-hybridized carbons (Fsp3) is 0.800. The highest BCUT2D eigenvalue weighted by atomic mass is 16.6. The van der Waals surface area contributed by atoms with Gasteiger partial charge in [-0.15, -0.1) is 0 Å². The van der Waals surface area contributed by atoms with Crippen LogP contribution in [0.3, 0.4) is 0 Å². The normalized spacial score (nSPS) is 24.1. The molecule has 1 aliphatic rings. The highest BCUT2D eigenvalue weighted by molar-refractivity contribution is 5.75. The molecule has 4 N–H and O–H groups in total. The molecule has 0 radical (unpaired) electrons. The summed E-state index contributed by atoms with van der Waals surface area (Å²) in [5.41, 5.74) is 5.07. The predicted octanol–water partition coefficient (Wildman–Crippen LogP) is -0.0297. The number of nitrogens with two attached hydrogens (primary N) is 1. The zero-order valence-electron chi connectivity index (χ0n) is 9.49. The Balaban J connectivity index is 2.04. The third-order valence-corrected chi connectivity index (χ3v) is 2.39. The van der Waals surface area contributed by atoms with Crippen LogP contribution in [0, 0.1) is 5.41 Å². The Kier molecular flexibility index (Phi) is 5.04. The average molecular weight is 229 g/mol. The molecule has 0 aromatic rings. The largest absolute Gasteiger partial charge is 0.463 e. The molecule has 0 amide bonds. The van der Waals surface area contributed by atoms with Gasteiger partial charge in [-0.2, -0.15) is 0 Å². The summed E-state index contributed by atoms with van der Waals surface area (Å²) in [7, 11) is 0. The minimum Gasteiger partial charge on any atom is -0.463 e. The van der Waals surface area contributed by atoms with E-state index in [9.17, 15) is 4.79 Å². The van der Waals surface area contributed by atoms with E-state index >= 15 is 0 Å². The van der Waals surface area contributed by atoms with Gasteiger partial charge >= 0.3 is 5.97 Å². The lowest BCUT2D eigenvalue weighted by Crippen LogP contribution is -2.32. The van der Waals surface area contributed by atoms with Crippen molar-refractivity contribution in [3.63, 3.8) is 0 Å². The molecule has 0 aliphatic carbocycles. The molecule has 0 unspecified atom stereocenters. The highest BCUT2D eigenvalue weighted by Gasteiger charge is 2.22. The summed E-state index contributed by atoms with van der Waals surface area (Å²) in [6.45, 7) is 2.66. The number of esters is 1. The van der Waals surface area contributed by atoms with E-state index in [1.54, 1.807) is 0 Å². The van der Waals surface area contributed by atoms with Crippen molar-refractivity contribution in [3.8, 4) is 0 Å². The van der Waals surface area contributed by atoms with Gasteiger partial charge in [-0.25, -0.2) is 0 Å². The Bertz CT molecular complexity index is 258. The first-order valence-corrected chi connectivity index (χ1v) is 5.47. The number of carbonyl (C=O) groups excluding carboxylic acids is 1. The molecule has 2 atom stereocenters. The molecule has 0 aromatic carbocycles. The first-order chi connectivity index (χ1) is 7.58. The smallest absolute Gasteiger partial charge is 0.307 e. The number of nitrogens with one attached hydrogen (secondary N) is 2. The van der Waals surface area contributed by atoms with E-state index in [1.165, 1.54) is 0 Å². The third kappa shape index (κ3) is 4.97. The fourth-order valence-corrected chi connectivity index (χ4v) is 1.57. The van der Waals surface area contributed by atoms with Crippen LogP contribution in [0.25, 0.3) is 0 Å². The van der Waals surface area contributed by atoms with Crippen LogP contribution in [0.5, 0.6) is 0 Å². The van der Waals surface area contributed by atoms with Crippen LogP contribution in [0.1, 0.15) is 26.2 Å². The van der Waals surface area contributed by atoms with E-state index in [2.05, 4.69) is 5.32 Å². The van der Waals surface area contributed by atoms with Crippen LogP contribution >= 0.6 is 0 Å². The zero-order chi connectivity index (χ0) is 12.0. The van der Waals surface area contributed by atoms with Crippen molar-refractivity contribution in [3.05, 3.63) is 0 Å². The number of ether oxygens (including phenoxy) is 2. The lowest BCUT2D eigenvalue weighted by Gasteiger charge is -2.11. The number of guanidine groups is 1. The van der Waals surface area contributed by atoms with Gasteiger partial charge in [0, 0.05) is 6.54 Å². The molecule has 6 heteroatoms. The van der Waals surface area contributed by atoms with E-state index in [4.69, 9.17) is 20.6 Å². The van der Waals surface area contributed by atoms with Gasteiger partial charge in [0.15, 0.2) is 5.96 Å². The maximum atomic E-state index is 11.2. The monoisotopic (exact) mass is 229 g/mol. The first kappa shape index (κ1) is 12.8. The van der Waals surface area contributed by atoms with Gasteiger partial charge < -0.3 is 20.5 Å². The fourth-order valence-electron chi connectivity index (χ4n) is 1.57. The second-order valence-electron chi connectivity index (χ2n) is 3.92. The SMILES string of the molecule is C[C@H]1CC[C@@H](COC(=O)CCNC(=N)N)O1. The molecule has 1 aliphatic heterocycles. The zero-order valence-corrected chi connectivity index (χ0v) is 9.49. The number of rotatable bonds is 5. The molecular weight excluding hydrogens is 210 g/mol. The molecule has 0 spiro atoms. The van der Waals surface area contributed by atoms with Crippen LogP contribution < -0.4 is 11.1 Å². The minimum absolute atomic E-state index is 0.0414. The molecule has 0 saturated carbocycles. The van der Waals surface area contributed by atoms with Crippen LogP contribution in [-0.4, -0.2) is 37.3 Å². The van der Waals surface area contributed by atoms with Gasteiger partial charge in [-0.1, -0.05) is 0 Å². The Labute approximate surface area is 95.0 Å². The van der Waals surface area contributed by atoms with Crippen molar-refractivity contribution in [1.29, 1.82) is 5.41 Å². The maximum absolute atomic E-state index is 11.2. The Morgan fingerprint density at radius 3 is 2.94 bits per heavy atom. The second kappa shape index (κ2) is 6.32.